The summed E-state index contributed by atoms with van der Waals surface area (Å²) >= 11 is 5.38. The molecule has 66 valence electrons. The first-order valence-corrected chi connectivity index (χ1v) is 4.32. The van der Waals surface area contributed by atoms with Crippen LogP contribution in [-0.2, 0) is 4.79 Å². The van der Waals surface area contributed by atoms with Gasteiger partial charge in [0.05, 0.1) is 0 Å². The van der Waals surface area contributed by atoms with Gasteiger partial charge in [0.2, 0.25) is 5.91 Å². The van der Waals surface area contributed by atoms with Crippen LogP contribution in [0.2, 0.25) is 0 Å². The molecule has 0 saturated carbocycles. The number of alkyl halides is 1. The molecule has 0 atom stereocenters. The van der Waals surface area contributed by atoms with E-state index in [1.165, 1.54) is 0 Å². The van der Waals surface area contributed by atoms with Crippen LogP contribution in [0.15, 0.2) is 0 Å². The maximum Gasteiger partial charge on any atom is 0.220 e. The lowest BCUT2D eigenvalue weighted by atomic mass is 10.3. The van der Waals surface area contributed by atoms with Crippen LogP contribution in [0.25, 0.3) is 0 Å². The molecule has 0 unspecified atom stereocenters. The van der Waals surface area contributed by atoms with Crippen molar-refractivity contribution in [1.29, 1.82) is 0 Å². The Labute approximate surface area is 72.5 Å². The second-order valence-electron chi connectivity index (χ2n) is 2.25. The Morgan fingerprint density at radius 1 is 1.45 bits per heavy atom. The summed E-state index contributed by atoms with van der Waals surface area (Å²) in [5.74, 6) is 0.568. The molecule has 0 aromatic carbocycles. The topological polar surface area (TPSA) is 41.1 Å². The normalized spacial score (nSPS) is 9.64. The highest BCUT2D eigenvalue weighted by molar-refractivity contribution is 6.18. The van der Waals surface area contributed by atoms with E-state index in [0.29, 0.717) is 18.8 Å². The second-order valence-corrected chi connectivity index (χ2v) is 2.62. The third kappa shape index (κ3) is 7.62. The van der Waals surface area contributed by atoms with Gasteiger partial charge in [-0.3, -0.25) is 4.79 Å². The van der Waals surface area contributed by atoms with Crippen molar-refractivity contribution in [3.63, 3.8) is 0 Å². The fourth-order valence-corrected chi connectivity index (χ4v) is 0.795. The summed E-state index contributed by atoms with van der Waals surface area (Å²) in [6.45, 7) is 1.45. The SMILES string of the molecule is CNCCCC(=O)NCCCl. The van der Waals surface area contributed by atoms with E-state index in [9.17, 15) is 4.79 Å². The Kier molecular flexibility index (Phi) is 7.62. The van der Waals surface area contributed by atoms with Gasteiger partial charge in [0.1, 0.15) is 0 Å². The molecule has 0 saturated heterocycles. The zero-order valence-electron chi connectivity index (χ0n) is 6.82. The number of hydrogen-bond donors (Lipinski definition) is 2. The second kappa shape index (κ2) is 7.82. The number of amides is 1. The summed E-state index contributed by atoms with van der Waals surface area (Å²) in [5, 5.41) is 5.67. The fraction of sp³-hybridized carbons (Fsp3) is 0.857. The lowest BCUT2D eigenvalue weighted by molar-refractivity contribution is -0.121. The molecule has 0 heterocycles. The summed E-state index contributed by atoms with van der Waals surface area (Å²) < 4.78 is 0. The van der Waals surface area contributed by atoms with E-state index in [1.54, 1.807) is 0 Å². The number of nitrogens with one attached hydrogen (secondary N) is 2. The molecule has 0 aliphatic rings. The minimum Gasteiger partial charge on any atom is -0.355 e. The van der Waals surface area contributed by atoms with E-state index >= 15 is 0 Å². The molecule has 0 bridgehead atoms. The molecule has 0 spiro atoms. The van der Waals surface area contributed by atoms with Gasteiger partial charge in [0.25, 0.3) is 0 Å². The lowest BCUT2D eigenvalue weighted by Gasteiger charge is -2.01. The van der Waals surface area contributed by atoms with Crippen molar-refractivity contribution in [3.05, 3.63) is 0 Å². The molecule has 2 N–H and O–H groups in total. The zero-order chi connectivity index (χ0) is 8.53. The molecule has 0 aromatic heterocycles. The van der Waals surface area contributed by atoms with Crippen LogP contribution in [-0.4, -0.2) is 31.9 Å². The molecule has 3 nitrogen and oxygen atoms in total. The summed E-state index contributed by atoms with van der Waals surface area (Å²) in [4.78, 5) is 10.9. The van der Waals surface area contributed by atoms with Gasteiger partial charge in [-0.1, -0.05) is 0 Å². The van der Waals surface area contributed by atoms with Crippen molar-refractivity contribution in [3.8, 4) is 0 Å². The van der Waals surface area contributed by atoms with Gasteiger partial charge >= 0.3 is 0 Å². The third-order valence-electron chi connectivity index (χ3n) is 1.25. The predicted molar refractivity (Wildman–Crippen MR) is 46.9 cm³/mol. The van der Waals surface area contributed by atoms with E-state index in [2.05, 4.69) is 10.6 Å². The standard InChI is InChI=1S/C7H15ClN2O/c1-9-5-2-3-7(11)10-6-4-8/h9H,2-6H2,1H3,(H,10,11). The highest BCUT2D eigenvalue weighted by Crippen LogP contribution is 1.85. The van der Waals surface area contributed by atoms with Gasteiger partial charge in [-0.2, -0.15) is 0 Å². The molecule has 0 aliphatic carbocycles. The lowest BCUT2D eigenvalue weighted by Crippen LogP contribution is -2.25. The van der Waals surface area contributed by atoms with E-state index in [4.69, 9.17) is 11.6 Å². The van der Waals surface area contributed by atoms with Gasteiger partial charge in [0.15, 0.2) is 0 Å². The van der Waals surface area contributed by atoms with Crippen molar-refractivity contribution in [2.75, 3.05) is 26.0 Å². The minimum atomic E-state index is 0.0842. The van der Waals surface area contributed by atoms with Crippen LogP contribution in [0, 0.1) is 0 Å². The molecular formula is C7H15ClN2O. The van der Waals surface area contributed by atoms with Gasteiger partial charge < -0.3 is 10.6 Å². The first kappa shape index (κ1) is 10.7. The Morgan fingerprint density at radius 3 is 2.73 bits per heavy atom. The van der Waals surface area contributed by atoms with Crippen molar-refractivity contribution in [1.82, 2.24) is 10.6 Å². The average Bonchev–Trinajstić information content (AvgIpc) is 2.01. The van der Waals surface area contributed by atoms with Gasteiger partial charge in [-0.25, -0.2) is 0 Å². The van der Waals surface area contributed by atoms with Gasteiger partial charge in [-0.05, 0) is 20.0 Å². The largest absolute Gasteiger partial charge is 0.355 e. The molecule has 1 amide bonds. The highest BCUT2D eigenvalue weighted by atomic mass is 35.5. The van der Waals surface area contributed by atoms with Crippen LogP contribution in [0.1, 0.15) is 12.8 Å². The van der Waals surface area contributed by atoms with Crippen molar-refractivity contribution >= 4 is 17.5 Å². The van der Waals surface area contributed by atoms with E-state index in [-0.39, 0.29) is 5.91 Å². The number of hydrogen-bond acceptors (Lipinski definition) is 2. The highest BCUT2D eigenvalue weighted by Gasteiger charge is 1.97. The molecule has 0 fully saturated rings. The fourth-order valence-electron chi connectivity index (χ4n) is 0.701. The van der Waals surface area contributed by atoms with Gasteiger partial charge in [0, 0.05) is 18.8 Å². The number of rotatable bonds is 6. The first-order chi connectivity index (χ1) is 5.31. The number of carbonyl (C=O) groups is 1. The molecule has 0 aromatic rings. The monoisotopic (exact) mass is 178 g/mol. The molecule has 0 rings (SSSR count). The van der Waals surface area contributed by atoms with Crippen LogP contribution < -0.4 is 10.6 Å². The van der Waals surface area contributed by atoms with Crippen LogP contribution >= 0.6 is 11.6 Å². The Morgan fingerprint density at radius 2 is 2.18 bits per heavy atom. The number of carbonyl (C=O) groups excluding carboxylic acids is 1. The summed E-state index contributed by atoms with van der Waals surface area (Å²) in [6, 6.07) is 0. The zero-order valence-corrected chi connectivity index (χ0v) is 7.58. The Bertz CT molecular complexity index is 109. The molecule has 0 aliphatic heterocycles. The molecular weight excluding hydrogens is 164 g/mol. The molecule has 11 heavy (non-hydrogen) atoms. The smallest absolute Gasteiger partial charge is 0.220 e. The summed E-state index contributed by atoms with van der Waals surface area (Å²) in [5.41, 5.74) is 0. The minimum absolute atomic E-state index is 0.0842. The predicted octanol–water partition coefficient (Wildman–Crippen LogP) is 0.341. The van der Waals surface area contributed by atoms with Crippen LogP contribution in [0.3, 0.4) is 0 Å². The van der Waals surface area contributed by atoms with Crippen molar-refractivity contribution in [2.45, 2.75) is 12.8 Å². The quantitative estimate of drug-likeness (QED) is 0.455. The maximum atomic E-state index is 10.9. The van der Waals surface area contributed by atoms with E-state index in [0.717, 1.165) is 13.0 Å². The van der Waals surface area contributed by atoms with Crippen molar-refractivity contribution in [2.24, 2.45) is 0 Å². The summed E-state index contributed by atoms with van der Waals surface area (Å²) in [7, 11) is 1.87. The van der Waals surface area contributed by atoms with Gasteiger partial charge in [-0.15, -0.1) is 11.6 Å². The van der Waals surface area contributed by atoms with Crippen LogP contribution in [0.4, 0.5) is 0 Å². The summed E-state index contributed by atoms with van der Waals surface area (Å²) in [6.07, 6.45) is 1.46. The number of halogens is 1. The Balaban J connectivity index is 3.09. The first-order valence-electron chi connectivity index (χ1n) is 3.78. The average molecular weight is 179 g/mol. The molecule has 4 heteroatoms. The van der Waals surface area contributed by atoms with E-state index in [1.807, 2.05) is 7.05 Å². The van der Waals surface area contributed by atoms with Crippen LogP contribution in [0.5, 0.6) is 0 Å². The Hall–Kier alpha value is -0.280. The van der Waals surface area contributed by atoms with Crippen molar-refractivity contribution < 1.29 is 4.79 Å². The van der Waals surface area contributed by atoms with E-state index < -0.39 is 0 Å². The molecule has 0 radical (unpaired) electrons. The maximum absolute atomic E-state index is 10.9. The third-order valence-corrected chi connectivity index (χ3v) is 1.44.